The van der Waals surface area contributed by atoms with Crippen LogP contribution in [0.4, 0.5) is 0 Å². The third-order valence-corrected chi connectivity index (χ3v) is 2.23. The van der Waals surface area contributed by atoms with E-state index in [1.165, 1.54) is 8.79 Å². The van der Waals surface area contributed by atoms with Gasteiger partial charge in [0.05, 0.1) is 11.9 Å². The summed E-state index contributed by atoms with van der Waals surface area (Å²) in [6.07, 6.45) is 2.15. The predicted molar refractivity (Wildman–Crippen MR) is 49.3 cm³/mol. The maximum absolute atomic E-state index is 4.28. The molecule has 1 aliphatic heterocycles. The molecular weight excluding hydrogens is 237 g/mol. The quantitative estimate of drug-likeness (QED) is 0.595. The second kappa shape index (κ2) is 2.34. The lowest BCUT2D eigenvalue weighted by molar-refractivity contribution is 1.22. The van der Waals surface area contributed by atoms with E-state index in [4.69, 9.17) is 0 Å². The molecule has 2 rings (SSSR count). The number of benzene rings is 1. The molecule has 2 heteroatoms. The van der Waals surface area contributed by atoms with Gasteiger partial charge in [-0.3, -0.25) is 4.99 Å². The normalized spacial score (nSPS) is 13.7. The van der Waals surface area contributed by atoms with Crippen molar-refractivity contribution in [2.45, 2.75) is 0 Å². The maximum Gasteiger partial charge on any atom is 0.0648 e. The summed E-state index contributed by atoms with van der Waals surface area (Å²) in [6.45, 7) is 0.857. The summed E-state index contributed by atoms with van der Waals surface area (Å²) >= 11 is 2.31. The zero-order valence-corrected chi connectivity index (χ0v) is 7.50. The molecule has 0 unspecified atom stereocenters. The third kappa shape index (κ3) is 0.963. The first-order valence-electron chi connectivity index (χ1n) is 3.16. The average molecular weight is 243 g/mol. The highest BCUT2D eigenvalue weighted by Gasteiger charge is 1.93. The average Bonchev–Trinajstić information content (AvgIpc) is 2.33. The Morgan fingerprint density at radius 3 is 3.20 bits per heavy atom. The van der Waals surface area contributed by atoms with Crippen LogP contribution in [0, 0.1) is 3.57 Å². The van der Waals surface area contributed by atoms with E-state index in [2.05, 4.69) is 51.9 Å². The lowest BCUT2D eigenvalue weighted by atomic mass is 10.3. The van der Waals surface area contributed by atoms with Gasteiger partial charge in [-0.15, -0.1) is 0 Å². The first-order valence-corrected chi connectivity index (χ1v) is 4.24. The topological polar surface area (TPSA) is 12.4 Å². The summed E-state index contributed by atoms with van der Waals surface area (Å²) in [7, 11) is 0. The number of rotatable bonds is 0. The van der Waals surface area contributed by atoms with E-state index < -0.39 is 0 Å². The van der Waals surface area contributed by atoms with Crippen LogP contribution >= 0.6 is 22.6 Å². The molecule has 0 saturated heterocycles. The van der Waals surface area contributed by atoms with Gasteiger partial charge in [0.15, 0.2) is 0 Å². The summed E-state index contributed by atoms with van der Waals surface area (Å²) in [4.78, 5) is 4.28. The summed E-state index contributed by atoms with van der Waals surface area (Å²) < 4.78 is 1.28. The lowest BCUT2D eigenvalue weighted by Gasteiger charge is -1.85. The van der Waals surface area contributed by atoms with E-state index in [-0.39, 0.29) is 0 Å². The highest BCUT2D eigenvalue weighted by molar-refractivity contribution is 14.1. The molecule has 50 valence electrons. The molecular formula is C8H6IN. The third-order valence-electron chi connectivity index (χ3n) is 1.56. The van der Waals surface area contributed by atoms with E-state index in [9.17, 15) is 0 Å². The number of hydrogen-bond donors (Lipinski definition) is 0. The SMILES string of the molecule is Ic1ccc2c(c1)=CCN=2. The van der Waals surface area contributed by atoms with Crippen molar-refractivity contribution in [3.8, 4) is 0 Å². The summed E-state index contributed by atoms with van der Waals surface area (Å²) in [6, 6.07) is 6.31. The van der Waals surface area contributed by atoms with Crippen molar-refractivity contribution in [3.05, 3.63) is 32.3 Å². The second-order valence-corrected chi connectivity index (χ2v) is 3.49. The minimum Gasteiger partial charge on any atom is -0.281 e. The largest absolute Gasteiger partial charge is 0.281 e. The van der Waals surface area contributed by atoms with Crippen molar-refractivity contribution >= 4 is 28.7 Å². The monoisotopic (exact) mass is 243 g/mol. The van der Waals surface area contributed by atoms with Gasteiger partial charge in [0, 0.05) is 3.57 Å². The maximum atomic E-state index is 4.28. The van der Waals surface area contributed by atoms with Gasteiger partial charge in [0.1, 0.15) is 0 Å². The van der Waals surface area contributed by atoms with Crippen molar-refractivity contribution in [1.29, 1.82) is 0 Å². The van der Waals surface area contributed by atoms with Crippen molar-refractivity contribution < 1.29 is 0 Å². The van der Waals surface area contributed by atoms with Gasteiger partial charge in [0.2, 0.25) is 0 Å². The fourth-order valence-corrected chi connectivity index (χ4v) is 1.59. The highest BCUT2D eigenvalue weighted by Crippen LogP contribution is 1.96. The molecule has 0 bridgehead atoms. The summed E-state index contributed by atoms with van der Waals surface area (Å²) in [5.41, 5.74) is 0. The molecule has 1 aliphatic rings. The van der Waals surface area contributed by atoms with Crippen LogP contribution in [0.25, 0.3) is 6.08 Å². The number of fused-ring (bicyclic) bond motifs is 1. The molecule has 0 amide bonds. The fourth-order valence-electron chi connectivity index (χ4n) is 1.08. The molecule has 0 aromatic heterocycles. The Bertz CT molecular complexity index is 367. The first kappa shape index (κ1) is 6.34. The van der Waals surface area contributed by atoms with Crippen LogP contribution in [-0.4, -0.2) is 6.54 Å². The molecule has 1 aromatic carbocycles. The van der Waals surface area contributed by atoms with E-state index >= 15 is 0 Å². The smallest absolute Gasteiger partial charge is 0.0648 e. The van der Waals surface area contributed by atoms with Gasteiger partial charge < -0.3 is 0 Å². The molecule has 1 aromatic rings. The minimum absolute atomic E-state index is 0.857. The molecule has 0 spiro atoms. The van der Waals surface area contributed by atoms with E-state index in [1.54, 1.807) is 0 Å². The zero-order chi connectivity index (χ0) is 6.97. The molecule has 0 fully saturated rings. The van der Waals surface area contributed by atoms with Crippen molar-refractivity contribution in [3.63, 3.8) is 0 Å². The molecule has 0 aliphatic carbocycles. The fraction of sp³-hybridized carbons (Fsp3) is 0.125. The molecule has 10 heavy (non-hydrogen) atoms. The van der Waals surface area contributed by atoms with E-state index in [0.29, 0.717) is 0 Å². The zero-order valence-electron chi connectivity index (χ0n) is 5.34. The Morgan fingerprint density at radius 1 is 1.40 bits per heavy atom. The van der Waals surface area contributed by atoms with Crippen LogP contribution in [0.3, 0.4) is 0 Å². The van der Waals surface area contributed by atoms with Gasteiger partial charge >= 0.3 is 0 Å². The Hall–Kier alpha value is -0.380. The minimum atomic E-state index is 0.857. The Balaban J connectivity index is 2.88. The van der Waals surface area contributed by atoms with Crippen LogP contribution in [0.5, 0.6) is 0 Å². The highest BCUT2D eigenvalue weighted by atomic mass is 127. The molecule has 1 heterocycles. The Kier molecular flexibility index (Phi) is 1.48. The van der Waals surface area contributed by atoms with Gasteiger partial charge in [-0.05, 0) is 46.0 Å². The van der Waals surface area contributed by atoms with Gasteiger partial charge in [-0.25, -0.2) is 0 Å². The van der Waals surface area contributed by atoms with Gasteiger partial charge in [0.25, 0.3) is 0 Å². The first-order chi connectivity index (χ1) is 4.86. The summed E-state index contributed by atoms with van der Waals surface area (Å²) in [5, 5.41) is 2.42. The molecule has 0 saturated carbocycles. The standard InChI is InChI=1S/C8H6IN/c9-7-1-2-8-6(5-7)3-4-10-8/h1-3,5H,4H2. The molecule has 0 atom stereocenters. The van der Waals surface area contributed by atoms with Crippen LogP contribution in [0.15, 0.2) is 23.2 Å². The van der Waals surface area contributed by atoms with E-state index in [1.807, 2.05) is 0 Å². The van der Waals surface area contributed by atoms with Gasteiger partial charge in [-0.2, -0.15) is 0 Å². The van der Waals surface area contributed by atoms with Gasteiger partial charge in [-0.1, -0.05) is 6.08 Å². The van der Waals surface area contributed by atoms with Crippen LogP contribution < -0.4 is 10.6 Å². The predicted octanol–water partition coefficient (Wildman–Crippen LogP) is 0.705. The Labute approximate surface area is 72.6 Å². The number of hydrogen-bond acceptors (Lipinski definition) is 1. The Morgan fingerprint density at radius 2 is 2.30 bits per heavy atom. The van der Waals surface area contributed by atoms with Crippen LogP contribution in [0.2, 0.25) is 0 Å². The molecule has 1 nitrogen and oxygen atoms in total. The molecule has 0 N–H and O–H groups in total. The van der Waals surface area contributed by atoms with Crippen molar-refractivity contribution in [2.75, 3.05) is 6.54 Å². The number of nitrogens with zero attached hydrogens (tertiary/aromatic N) is 1. The van der Waals surface area contributed by atoms with Crippen molar-refractivity contribution in [2.24, 2.45) is 4.99 Å². The second-order valence-electron chi connectivity index (χ2n) is 2.25. The number of halogens is 1. The van der Waals surface area contributed by atoms with Crippen LogP contribution in [-0.2, 0) is 0 Å². The van der Waals surface area contributed by atoms with E-state index in [0.717, 1.165) is 11.9 Å². The van der Waals surface area contributed by atoms with Crippen molar-refractivity contribution in [1.82, 2.24) is 0 Å². The molecule has 0 radical (unpaired) electrons. The lowest BCUT2D eigenvalue weighted by Crippen LogP contribution is -2.20. The summed E-state index contributed by atoms with van der Waals surface area (Å²) in [5.74, 6) is 0. The van der Waals surface area contributed by atoms with Crippen LogP contribution in [0.1, 0.15) is 0 Å².